The molecule has 0 aliphatic rings. The molecule has 1 rings (SSSR count). The molecule has 1 unspecified atom stereocenters. The highest BCUT2D eigenvalue weighted by Gasteiger charge is 2.16. The zero-order valence-corrected chi connectivity index (χ0v) is 14.4. The number of carbonyl (C=O) groups is 2. The molecular weight excluding hydrogens is 302 g/mol. The Hall–Kier alpha value is -1.59. The van der Waals surface area contributed by atoms with Crippen molar-refractivity contribution in [2.24, 2.45) is 11.8 Å². The van der Waals surface area contributed by atoms with Crippen LogP contribution in [0.1, 0.15) is 31.1 Å². The van der Waals surface area contributed by atoms with Crippen LogP contribution >= 0.6 is 12.4 Å². The molecule has 124 valence electrons. The minimum atomic E-state index is -0.166. The zero-order chi connectivity index (χ0) is 15.8. The van der Waals surface area contributed by atoms with Crippen LogP contribution in [0.3, 0.4) is 0 Å². The van der Waals surface area contributed by atoms with E-state index in [4.69, 9.17) is 0 Å². The van der Waals surface area contributed by atoms with Crippen molar-refractivity contribution in [1.29, 1.82) is 0 Å². The maximum atomic E-state index is 12.2. The summed E-state index contributed by atoms with van der Waals surface area (Å²) >= 11 is 0. The summed E-state index contributed by atoms with van der Waals surface area (Å²) in [6, 6.07) is 7.05. The van der Waals surface area contributed by atoms with Crippen molar-refractivity contribution in [2.45, 2.75) is 20.8 Å². The molecule has 0 spiro atoms. The SMILES string of the molecule is CNCC(C)C(=O)Nc1ccccc1C(=O)NCC(C)C.Cl. The number of para-hydroxylation sites is 1. The number of anilines is 1. The highest BCUT2D eigenvalue weighted by Crippen LogP contribution is 2.16. The Balaban J connectivity index is 0.00000441. The molecule has 6 heteroatoms. The predicted molar refractivity (Wildman–Crippen MR) is 92.6 cm³/mol. The second-order valence-electron chi connectivity index (χ2n) is 5.60. The maximum absolute atomic E-state index is 12.2. The fourth-order valence-electron chi connectivity index (χ4n) is 1.84. The van der Waals surface area contributed by atoms with E-state index >= 15 is 0 Å². The summed E-state index contributed by atoms with van der Waals surface area (Å²) in [6.07, 6.45) is 0. The predicted octanol–water partition coefficient (Wildman–Crippen LogP) is 2.29. The van der Waals surface area contributed by atoms with Crippen LogP contribution in [0.5, 0.6) is 0 Å². The molecule has 3 N–H and O–H groups in total. The van der Waals surface area contributed by atoms with Gasteiger partial charge in [-0.3, -0.25) is 9.59 Å². The first-order chi connectivity index (χ1) is 9.95. The van der Waals surface area contributed by atoms with E-state index < -0.39 is 0 Å². The fraction of sp³-hybridized carbons (Fsp3) is 0.500. The lowest BCUT2D eigenvalue weighted by Gasteiger charge is -2.15. The summed E-state index contributed by atoms with van der Waals surface area (Å²) in [5, 5.41) is 8.65. The van der Waals surface area contributed by atoms with Crippen molar-refractivity contribution in [1.82, 2.24) is 10.6 Å². The first-order valence-corrected chi connectivity index (χ1v) is 7.28. The summed E-state index contributed by atoms with van der Waals surface area (Å²) < 4.78 is 0. The van der Waals surface area contributed by atoms with Crippen LogP contribution < -0.4 is 16.0 Å². The monoisotopic (exact) mass is 327 g/mol. The first kappa shape index (κ1) is 20.4. The smallest absolute Gasteiger partial charge is 0.253 e. The summed E-state index contributed by atoms with van der Waals surface area (Å²) in [5.41, 5.74) is 1.04. The number of rotatable bonds is 7. The van der Waals surface area contributed by atoms with E-state index in [-0.39, 0.29) is 30.1 Å². The Kier molecular flexibility index (Phi) is 9.45. The molecule has 0 bridgehead atoms. The Bertz CT molecular complexity index is 492. The standard InChI is InChI=1S/C16H25N3O2.ClH/c1-11(2)9-18-16(21)13-7-5-6-8-14(13)19-15(20)12(3)10-17-4;/h5-8,11-12,17H,9-10H2,1-4H3,(H,18,21)(H,19,20);1H. The van der Waals surface area contributed by atoms with Crippen molar-refractivity contribution >= 4 is 29.9 Å². The van der Waals surface area contributed by atoms with Crippen molar-refractivity contribution in [3.63, 3.8) is 0 Å². The molecule has 0 heterocycles. The molecule has 0 aromatic heterocycles. The maximum Gasteiger partial charge on any atom is 0.253 e. The summed E-state index contributed by atoms with van der Waals surface area (Å²) in [6.45, 7) is 7.11. The molecule has 1 aromatic rings. The van der Waals surface area contributed by atoms with Gasteiger partial charge in [-0.15, -0.1) is 12.4 Å². The summed E-state index contributed by atoms with van der Waals surface area (Å²) in [4.78, 5) is 24.2. The van der Waals surface area contributed by atoms with Gasteiger partial charge in [0, 0.05) is 19.0 Å². The quantitative estimate of drug-likeness (QED) is 0.719. The Labute approximate surface area is 138 Å². The second kappa shape index (κ2) is 10.2. The lowest BCUT2D eigenvalue weighted by Crippen LogP contribution is -2.31. The van der Waals surface area contributed by atoms with Crippen LogP contribution in [0.15, 0.2) is 24.3 Å². The molecule has 2 amide bonds. The van der Waals surface area contributed by atoms with Gasteiger partial charge in [0.25, 0.3) is 5.91 Å². The fourth-order valence-corrected chi connectivity index (χ4v) is 1.84. The van der Waals surface area contributed by atoms with Crippen LogP contribution in [0, 0.1) is 11.8 Å². The summed E-state index contributed by atoms with van der Waals surface area (Å²) in [7, 11) is 1.80. The largest absolute Gasteiger partial charge is 0.352 e. The molecule has 0 aliphatic carbocycles. The third-order valence-electron chi connectivity index (χ3n) is 3.06. The van der Waals surface area contributed by atoms with Gasteiger partial charge in [0.1, 0.15) is 0 Å². The Morgan fingerprint density at radius 3 is 2.32 bits per heavy atom. The third-order valence-corrected chi connectivity index (χ3v) is 3.06. The van der Waals surface area contributed by atoms with E-state index in [1.165, 1.54) is 0 Å². The van der Waals surface area contributed by atoms with Crippen molar-refractivity contribution in [3.8, 4) is 0 Å². The van der Waals surface area contributed by atoms with Gasteiger partial charge in [-0.1, -0.05) is 32.9 Å². The molecular formula is C16H26ClN3O2. The van der Waals surface area contributed by atoms with E-state index in [9.17, 15) is 9.59 Å². The second-order valence-corrected chi connectivity index (χ2v) is 5.60. The van der Waals surface area contributed by atoms with Crippen LogP contribution in [0.4, 0.5) is 5.69 Å². The van der Waals surface area contributed by atoms with Gasteiger partial charge < -0.3 is 16.0 Å². The lowest BCUT2D eigenvalue weighted by molar-refractivity contribution is -0.119. The number of carbonyl (C=O) groups excluding carboxylic acids is 2. The minimum absolute atomic E-state index is 0. The Morgan fingerprint density at radius 2 is 1.73 bits per heavy atom. The van der Waals surface area contributed by atoms with Gasteiger partial charge in [0.05, 0.1) is 11.3 Å². The number of amides is 2. The van der Waals surface area contributed by atoms with Gasteiger partial charge in [0.2, 0.25) is 5.91 Å². The Morgan fingerprint density at radius 1 is 1.09 bits per heavy atom. The van der Waals surface area contributed by atoms with E-state index in [0.717, 1.165) is 0 Å². The highest BCUT2D eigenvalue weighted by molar-refractivity contribution is 6.04. The minimum Gasteiger partial charge on any atom is -0.352 e. The van der Waals surface area contributed by atoms with Gasteiger partial charge in [-0.2, -0.15) is 0 Å². The average molecular weight is 328 g/mol. The van der Waals surface area contributed by atoms with E-state index in [1.54, 1.807) is 31.3 Å². The molecule has 22 heavy (non-hydrogen) atoms. The lowest BCUT2D eigenvalue weighted by atomic mass is 10.1. The zero-order valence-electron chi connectivity index (χ0n) is 13.6. The van der Waals surface area contributed by atoms with Crippen molar-refractivity contribution < 1.29 is 9.59 Å². The van der Waals surface area contributed by atoms with Crippen molar-refractivity contribution in [3.05, 3.63) is 29.8 Å². The van der Waals surface area contributed by atoms with Gasteiger partial charge in [0.15, 0.2) is 0 Å². The first-order valence-electron chi connectivity index (χ1n) is 7.28. The molecule has 0 saturated heterocycles. The molecule has 0 fully saturated rings. The normalized spacial score (nSPS) is 11.5. The van der Waals surface area contributed by atoms with E-state index in [0.29, 0.717) is 30.3 Å². The van der Waals surface area contributed by atoms with Crippen LogP contribution in [-0.4, -0.2) is 32.0 Å². The molecule has 5 nitrogen and oxygen atoms in total. The van der Waals surface area contributed by atoms with Crippen LogP contribution in [0.25, 0.3) is 0 Å². The van der Waals surface area contributed by atoms with Crippen LogP contribution in [-0.2, 0) is 4.79 Å². The summed E-state index contributed by atoms with van der Waals surface area (Å²) in [5.74, 6) is -0.0533. The number of hydrogen-bond donors (Lipinski definition) is 3. The van der Waals surface area contributed by atoms with Crippen molar-refractivity contribution in [2.75, 3.05) is 25.5 Å². The number of hydrogen-bond acceptors (Lipinski definition) is 3. The van der Waals surface area contributed by atoms with Crippen LogP contribution in [0.2, 0.25) is 0 Å². The molecule has 0 saturated carbocycles. The molecule has 0 aliphatic heterocycles. The number of halogens is 1. The topological polar surface area (TPSA) is 70.2 Å². The average Bonchev–Trinajstić information content (AvgIpc) is 2.45. The van der Waals surface area contributed by atoms with E-state index in [2.05, 4.69) is 16.0 Å². The third kappa shape index (κ3) is 6.45. The van der Waals surface area contributed by atoms with Gasteiger partial charge in [-0.05, 0) is 25.1 Å². The van der Waals surface area contributed by atoms with E-state index in [1.807, 2.05) is 20.8 Å². The highest BCUT2D eigenvalue weighted by atomic mass is 35.5. The number of benzene rings is 1. The molecule has 0 radical (unpaired) electrons. The van der Waals surface area contributed by atoms with Gasteiger partial charge in [-0.25, -0.2) is 0 Å². The molecule has 1 aromatic carbocycles. The van der Waals surface area contributed by atoms with Gasteiger partial charge >= 0.3 is 0 Å². The molecule has 1 atom stereocenters. The number of nitrogens with one attached hydrogen (secondary N) is 3.